The number of fused-ring (bicyclic) bond motifs is 1. The zero-order valence-corrected chi connectivity index (χ0v) is 10.1. The van der Waals surface area contributed by atoms with E-state index >= 15 is 0 Å². The summed E-state index contributed by atoms with van der Waals surface area (Å²) >= 11 is 0. The molecule has 1 aromatic heterocycles. The number of nitrogens with two attached hydrogens (primary N) is 1. The number of nitrogens with zero attached hydrogens (tertiary/aromatic N) is 2. The molecular formula is C12H17N4O+. The van der Waals surface area contributed by atoms with Crippen LogP contribution in [0.25, 0.3) is 11.0 Å². The van der Waals surface area contributed by atoms with Crippen LogP contribution in [-0.2, 0) is 11.3 Å². The molecule has 0 fully saturated rings. The highest BCUT2D eigenvalue weighted by atomic mass is 16.1. The molecule has 0 atom stereocenters. The summed E-state index contributed by atoms with van der Waals surface area (Å²) in [7, 11) is 0. The first-order valence-electron chi connectivity index (χ1n) is 5.60. The molecule has 0 saturated heterocycles. The summed E-state index contributed by atoms with van der Waals surface area (Å²) in [6, 6.07) is 7.96. The minimum Gasteiger partial charge on any atom is -0.352 e. The van der Waals surface area contributed by atoms with E-state index in [2.05, 4.69) is 9.88 Å². The quantitative estimate of drug-likeness (QED) is 0.583. The summed E-state index contributed by atoms with van der Waals surface area (Å²) < 4.78 is 3.77. The minimum atomic E-state index is -0.0141. The Balaban J connectivity index is 2.33. The van der Waals surface area contributed by atoms with E-state index in [0.29, 0.717) is 6.54 Å². The van der Waals surface area contributed by atoms with E-state index in [9.17, 15) is 4.79 Å². The van der Waals surface area contributed by atoms with Crippen LogP contribution in [0, 0.1) is 6.92 Å². The highest BCUT2D eigenvalue weighted by molar-refractivity contribution is 5.73. The molecule has 0 unspecified atom stereocenters. The van der Waals surface area contributed by atoms with Crippen LogP contribution in [0.3, 0.4) is 0 Å². The number of nitrogens with one attached hydrogen (secondary N) is 1. The molecule has 2 aromatic rings. The molecule has 0 spiro atoms. The van der Waals surface area contributed by atoms with Gasteiger partial charge in [0.15, 0.2) is 11.0 Å². The van der Waals surface area contributed by atoms with Gasteiger partial charge in [0, 0.05) is 13.8 Å². The number of hydrogen-bond acceptors (Lipinski definition) is 2. The van der Waals surface area contributed by atoms with Gasteiger partial charge in [-0.25, -0.2) is 4.57 Å². The Bertz CT molecular complexity index is 559. The van der Waals surface area contributed by atoms with Crippen molar-refractivity contribution in [3.8, 4) is 0 Å². The Morgan fingerprint density at radius 3 is 2.88 bits per heavy atom. The van der Waals surface area contributed by atoms with Crippen molar-refractivity contribution in [2.75, 3.05) is 12.4 Å². The molecule has 5 nitrogen and oxygen atoms in total. The van der Waals surface area contributed by atoms with Crippen molar-refractivity contribution in [3.63, 3.8) is 0 Å². The maximum absolute atomic E-state index is 10.8. The van der Waals surface area contributed by atoms with Crippen molar-refractivity contribution < 1.29 is 9.36 Å². The van der Waals surface area contributed by atoms with E-state index < -0.39 is 0 Å². The first-order chi connectivity index (χ1) is 8.11. The number of benzene rings is 1. The zero-order valence-electron chi connectivity index (χ0n) is 10.1. The zero-order chi connectivity index (χ0) is 12.4. The fraction of sp³-hybridized carbons (Fsp3) is 0.333. The smallest absolute Gasteiger partial charge is 0.277 e. The van der Waals surface area contributed by atoms with E-state index in [-0.39, 0.29) is 5.91 Å². The van der Waals surface area contributed by atoms with Crippen LogP contribution in [-0.4, -0.2) is 17.1 Å². The summed E-state index contributed by atoms with van der Waals surface area (Å²) in [6.45, 7) is 4.81. The summed E-state index contributed by atoms with van der Waals surface area (Å²) in [4.78, 5) is 10.8. The summed E-state index contributed by atoms with van der Waals surface area (Å²) in [5.41, 5.74) is 2.07. The van der Waals surface area contributed by atoms with Gasteiger partial charge in [0.1, 0.15) is 6.54 Å². The van der Waals surface area contributed by atoms with Crippen LogP contribution in [0.4, 0.5) is 0 Å². The Labute approximate surface area is 99.8 Å². The summed E-state index contributed by atoms with van der Waals surface area (Å²) in [6.07, 6.45) is 0. The third-order valence-corrected chi connectivity index (χ3v) is 2.88. The number of hydrogen-bond donors (Lipinski definition) is 2. The average Bonchev–Trinajstić information content (AvgIpc) is 2.54. The first kappa shape index (κ1) is 11.4. The standard InChI is InChI=1S/C12H16N4O/c1-9(17)14-7-8-15-10(2)16(13)12-6-4-3-5-11(12)15/h3-6H,7-8,13H2,1-2H3/p+1. The monoisotopic (exact) mass is 233 g/mol. The lowest BCUT2D eigenvalue weighted by Gasteiger charge is -2.01. The SMILES string of the molecule is CC(=O)NCC[n+]1c(C)n(N)c2ccccc21. The molecule has 0 aliphatic carbocycles. The molecule has 1 amide bonds. The number of rotatable bonds is 3. The number of para-hydroxylation sites is 2. The van der Waals surface area contributed by atoms with Crippen LogP contribution in [0.2, 0.25) is 0 Å². The van der Waals surface area contributed by atoms with E-state index in [1.165, 1.54) is 6.92 Å². The van der Waals surface area contributed by atoms with E-state index in [1.807, 2.05) is 31.2 Å². The largest absolute Gasteiger partial charge is 0.352 e. The molecule has 17 heavy (non-hydrogen) atoms. The molecule has 2 rings (SSSR count). The molecule has 0 bridgehead atoms. The summed E-state index contributed by atoms with van der Waals surface area (Å²) in [5.74, 6) is 6.93. The molecule has 3 N–H and O–H groups in total. The molecule has 0 saturated carbocycles. The van der Waals surface area contributed by atoms with Crippen molar-refractivity contribution in [2.24, 2.45) is 0 Å². The van der Waals surface area contributed by atoms with Crippen LogP contribution >= 0.6 is 0 Å². The van der Waals surface area contributed by atoms with Crippen molar-refractivity contribution in [3.05, 3.63) is 30.1 Å². The van der Waals surface area contributed by atoms with E-state index in [1.54, 1.807) is 4.68 Å². The van der Waals surface area contributed by atoms with Gasteiger partial charge in [-0.2, -0.15) is 0 Å². The topological polar surface area (TPSA) is 63.9 Å². The Hall–Kier alpha value is -2.04. The third kappa shape index (κ3) is 2.08. The molecular weight excluding hydrogens is 216 g/mol. The molecule has 5 heteroatoms. The van der Waals surface area contributed by atoms with Gasteiger partial charge < -0.3 is 5.32 Å². The van der Waals surface area contributed by atoms with Crippen molar-refractivity contribution in [2.45, 2.75) is 20.4 Å². The average molecular weight is 233 g/mol. The van der Waals surface area contributed by atoms with Gasteiger partial charge in [0.25, 0.3) is 5.82 Å². The fourth-order valence-electron chi connectivity index (χ4n) is 2.00. The van der Waals surface area contributed by atoms with Crippen LogP contribution in [0.1, 0.15) is 12.7 Å². The second-order valence-corrected chi connectivity index (χ2v) is 4.04. The second-order valence-electron chi connectivity index (χ2n) is 4.04. The lowest BCUT2D eigenvalue weighted by Crippen LogP contribution is -2.42. The van der Waals surface area contributed by atoms with E-state index in [0.717, 1.165) is 23.4 Å². The highest BCUT2D eigenvalue weighted by Gasteiger charge is 2.18. The number of aromatic nitrogens is 2. The van der Waals surface area contributed by atoms with Gasteiger partial charge in [0.05, 0.1) is 6.54 Å². The second kappa shape index (κ2) is 4.45. The number of nitrogen functional groups attached to an aromatic ring is 1. The van der Waals surface area contributed by atoms with Gasteiger partial charge >= 0.3 is 0 Å². The van der Waals surface area contributed by atoms with Gasteiger partial charge in [-0.1, -0.05) is 12.1 Å². The van der Waals surface area contributed by atoms with Crippen molar-refractivity contribution >= 4 is 16.9 Å². The van der Waals surface area contributed by atoms with Crippen LogP contribution in [0.15, 0.2) is 24.3 Å². The predicted molar refractivity (Wildman–Crippen MR) is 65.7 cm³/mol. The number of carbonyl (C=O) groups is 1. The highest BCUT2D eigenvalue weighted by Crippen LogP contribution is 2.10. The normalized spacial score (nSPS) is 10.7. The fourth-order valence-corrected chi connectivity index (χ4v) is 2.00. The van der Waals surface area contributed by atoms with Crippen molar-refractivity contribution in [1.82, 2.24) is 9.99 Å². The molecule has 0 aliphatic heterocycles. The van der Waals surface area contributed by atoms with E-state index in [4.69, 9.17) is 5.84 Å². The maximum atomic E-state index is 10.8. The van der Waals surface area contributed by atoms with Gasteiger partial charge in [-0.05, 0) is 12.1 Å². The van der Waals surface area contributed by atoms with Gasteiger partial charge in [0.2, 0.25) is 5.91 Å². The Morgan fingerprint density at radius 2 is 2.18 bits per heavy atom. The molecule has 90 valence electrons. The van der Waals surface area contributed by atoms with Crippen LogP contribution in [0.5, 0.6) is 0 Å². The summed E-state index contributed by atoms with van der Waals surface area (Å²) in [5, 5.41) is 2.79. The molecule has 1 aromatic carbocycles. The number of amides is 1. The first-order valence-corrected chi connectivity index (χ1v) is 5.60. The minimum absolute atomic E-state index is 0.0141. The maximum Gasteiger partial charge on any atom is 0.277 e. The Morgan fingerprint density at radius 1 is 1.47 bits per heavy atom. The molecule has 0 radical (unpaired) electrons. The van der Waals surface area contributed by atoms with Gasteiger partial charge in [-0.3, -0.25) is 10.6 Å². The van der Waals surface area contributed by atoms with Crippen molar-refractivity contribution in [1.29, 1.82) is 0 Å². The van der Waals surface area contributed by atoms with Gasteiger partial charge in [-0.15, -0.1) is 4.68 Å². The Kier molecular flexibility index (Phi) is 2.99. The lowest BCUT2D eigenvalue weighted by atomic mass is 10.3. The molecule has 1 heterocycles. The van der Waals surface area contributed by atoms with Crippen LogP contribution < -0.4 is 15.7 Å². The number of carbonyl (C=O) groups excluding carboxylic acids is 1. The predicted octanol–water partition coefficient (Wildman–Crippen LogP) is 0.0871. The lowest BCUT2D eigenvalue weighted by molar-refractivity contribution is -0.676. The third-order valence-electron chi connectivity index (χ3n) is 2.88. The number of imidazole rings is 1. The molecule has 0 aliphatic rings.